The standard InChI is InChI=1S/C21H43N5O/c1-18(2)19(26-13-11-25(4)12-14-26)16-23-20(22-3)24-17-21(10-15-27-5)8-6-7-9-21/h18-19H,6-17H2,1-5H3,(H2,22,23,24). The number of aliphatic imine (C=N–C) groups is 1. The Morgan fingerprint density at radius 2 is 1.78 bits per heavy atom. The van der Waals surface area contributed by atoms with Crippen molar-refractivity contribution in [2.24, 2.45) is 16.3 Å². The monoisotopic (exact) mass is 381 g/mol. The van der Waals surface area contributed by atoms with Crippen molar-refractivity contribution in [2.45, 2.75) is 52.0 Å². The topological polar surface area (TPSA) is 52.1 Å². The van der Waals surface area contributed by atoms with Crippen molar-refractivity contribution < 1.29 is 4.74 Å². The number of hydrogen-bond acceptors (Lipinski definition) is 4. The predicted molar refractivity (Wildman–Crippen MR) is 114 cm³/mol. The summed E-state index contributed by atoms with van der Waals surface area (Å²) in [6, 6.07) is 0.547. The van der Waals surface area contributed by atoms with E-state index in [0.717, 1.165) is 58.3 Å². The molecule has 0 spiro atoms. The molecule has 0 aromatic rings. The van der Waals surface area contributed by atoms with E-state index in [0.29, 0.717) is 17.4 Å². The molecule has 2 rings (SSSR count). The fraction of sp³-hybridized carbons (Fsp3) is 0.952. The minimum Gasteiger partial charge on any atom is -0.385 e. The van der Waals surface area contributed by atoms with Gasteiger partial charge in [-0.05, 0) is 37.6 Å². The molecule has 1 saturated carbocycles. The predicted octanol–water partition coefficient (Wildman–Crippen LogP) is 2.02. The van der Waals surface area contributed by atoms with Crippen LogP contribution in [0.5, 0.6) is 0 Å². The maximum Gasteiger partial charge on any atom is 0.191 e. The van der Waals surface area contributed by atoms with Gasteiger partial charge in [0.05, 0.1) is 0 Å². The number of hydrogen-bond donors (Lipinski definition) is 2. The second-order valence-electron chi connectivity index (χ2n) is 8.91. The van der Waals surface area contributed by atoms with Gasteiger partial charge in [0.2, 0.25) is 0 Å². The normalized spacial score (nSPS) is 23.0. The molecule has 27 heavy (non-hydrogen) atoms. The Kier molecular flexibility index (Phi) is 9.33. The van der Waals surface area contributed by atoms with Crippen LogP contribution in [0.25, 0.3) is 0 Å². The fourth-order valence-electron chi connectivity index (χ4n) is 4.59. The maximum atomic E-state index is 5.36. The van der Waals surface area contributed by atoms with Gasteiger partial charge in [-0.2, -0.15) is 0 Å². The van der Waals surface area contributed by atoms with E-state index in [1.807, 2.05) is 7.05 Å². The lowest BCUT2D eigenvalue weighted by molar-refractivity contribution is 0.0899. The SMILES string of the molecule is CN=C(NCC(C(C)C)N1CCN(C)CC1)NCC1(CCOC)CCCC1. The molecule has 6 heteroatoms. The molecule has 1 unspecified atom stereocenters. The maximum absolute atomic E-state index is 5.36. The van der Waals surface area contributed by atoms with Gasteiger partial charge in [0.1, 0.15) is 0 Å². The zero-order valence-electron chi connectivity index (χ0n) is 18.4. The van der Waals surface area contributed by atoms with Crippen molar-refractivity contribution in [3.8, 4) is 0 Å². The van der Waals surface area contributed by atoms with Gasteiger partial charge in [-0.15, -0.1) is 0 Å². The van der Waals surface area contributed by atoms with Crippen LogP contribution in [0.1, 0.15) is 46.0 Å². The first-order chi connectivity index (χ1) is 13.0. The summed E-state index contributed by atoms with van der Waals surface area (Å²) >= 11 is 0. The van der Waals surface area contributed by atoms with Crippen molar-refractivity contribution in [1.82, 2.24) is 20.4 Å². The highest BCUT2D eigenvalue weighted by Crippen LogP contribution is 2.40. The molecule has 2 fully saturated rings. The average molecular weight is 382 g/mol. The van der Waals surface area contributed by atoms with Gasteiger partial charge in [0.15, 0.2) is 5.96 Å². The second-order valence-corrected chi connectivity index (χ2v) is 8.91. The second kappa shape index (κ2) is 11.2. The molecule has 0 radical (unpaired) electrons. The van der Waals surface area contributed by atoms with E-state index in [4.69, 9.17) is 4.74 Å². The van der Waals surface area contributed by atoms with Crippen molar-refractivity contribution in [3.63, 3.8) is 0 Å². The first-order valence-electron chi connectivity index (χ1n) is 10.9. The third kappa shape index (κ3) is 6.91. The number of piperazine rings is 1. The molecule has 1 atom stereocenters. The Labute approximate surface area is 167 Å². The molecule has 1 aliphatic heterocycles. The summed E-state index contributed by atoms with van der Waals surface area (Å²) in [5.74, 6) is 1.57. The van der Waals surface area contributed by atoms with Crippen LogP contribution in [0.15, 0.2) is 4.99 Å². The highest BCUT2D eigenvalue weighted by atomic mass is 16.5. The van der Waals surface area contributed by atoms with Gasteiger partial charge in [-0.25, -0.2) is 0 Å². The van der Waals surface area contributed by atoms with Crippen molar-refractivity contribution in [2.75, 3.05) is 67.1 Å². The molecule has 2 aliphatic rings. The Morgan fingerprint density at radius 3 is 2.33 bits per heavy atom. The Bertz CT molecular complexity index is 440. The van der Waals surface area contributed by atoms with E-state index >= 15 is 0 Å². The molecule has 0 aromatic heterocycles. The Hall–Kier alpha value is -0.850. The van der Waals surface area contributed by atoms with Crippen LogP contribution in [0, 0.1) is 11.3 Å². The summed E-state index contributed by atoms with van der Waals surface area (Å²) in [4.78, 5) is 9.55. The summed E-state index contributed by atoms with van der Waals surface area (Å²) in [7, 11) is 5.90. The van der Waals surface area contributed by atoms with Gasteiger partial charge in [-0.1, -0.05) is 26.7 Å². The zero-order chi connectivity index (χ0) is 19.7. The van der Waals surface area contributed by atoms with E-state index in [1.54, 1.807) is 7.11 Å². The molecule has 6 nitrogen and oxygen atoms in total. The first kappa shape index (κ1) is 22.4. The molecule has 0 bridgehead atoms. The van der Waals surface area contributed by atoms with Crippen molar-refractivity contribution >= 4 is 5.96 Å². The molecule has 0 amide bonds. The zero-order valence-corrected chi connectivity index (χ0v) is 18.4. The van der Waals surface area contributed by atoms with Crippen LogP contribution >= 0.6 is 0 Å². The quantitative estimate of drug-likeness (QED) is 0.473. The molecule has 1 aliphatic carbocycles. The van der Waals surface area contributed by atoms with Crippen LogP contribution < -0.4 is 10.6 Å². The number of guanidine groups is 1. The van der Waals surface area contributed by atoms with E-state index < -0.39 is 0 Å². The number of likely N-dealkylation sites (N-methyl/N-ethyl adjacent to an activating group) is 1. The van der Waals surface area contributed by atoms with Gasteiger partial charge in [-0.3, -0.25) is 9.89 Å². The minimum absolute atomic E-state index is 0.378. The number of rotatable bonds is 9. The Morgan fingerprint density at radius 1 is 1.11 bits per heavy atom. The lowest BCUT2D eigenvalue weighted by Gasteiger charge is -2.40. The van der Waals surface area contributed by atoms with Gasteiger partial charge < -0.3 is 20.3 Å². The van der Waals surface area contributed by atoms with Gasteiger partial charge >= 0.3 is 0 Å². The third-order valence-electron chi connectivity index (χ3n) is 6.61. The summed E-state index contributed by atoms with van der Waals surface area (Å²) in [6.45, 7) is 12.1. The number of ether oxygens (including phenoxy) is 1. The summed E-state index contributed by atoms with van der Waals surface area (Å²) in [6.07, 6.45) is 6.43. The van der Waals surface area contributed by atoms with E-state index in [1.165, 1.54) is 25.7 Å². The van der Waals surface area contributed by atoms with Crippen LogP contribution in [-0.4, -0.2) is 88.9 Å². The Balaban J connectivity index is 1.84. The third-order valence-corrected chi connectivity index (χ3v) is 6.61. The summed E-state index contributed by atoms with van der Waals surface area (Å²) in [5, 5.41) is 7.23. The van der Waals surface area contributed by atoms with Crippen molar-refractivity contribution in [1.29, 1.82) is 0 Å². The number of nitrogens with one attached hydrogen (secondary N) is 2. The smallest absolute Gasteiger partial charge is 0.191 e. The lowest BCUT2D eigenvalue weighted by Crippen LogP contribution is -2.55. The number of nitrogens with zero attached hydrogens (tertiary/aromatic N) is 3. The molecule has 1 saturated heterocycles. The van der Waals surface area contributed by atoms with E-state index in [9.17, 15) is 0 Å². The van der Waals surface area contributed by atoms with Crippen LogP contribution in [-0.2, 0) is 4.74 Å². The van der Waals surface area contributed by atoms with Crippen LogP contribution in [0.3, 0.4) is 0 Å². The molecular weight excluding hydrogens is 338 g/mol. The van der Waals surface area contributed by atoms with E-state index in [-0.39, 0.29) is 0 Å². The summed E-state index contributed by atoms with van der Waals surface area (Å²) in [5.41, 5.74) is 0.378. The molecular formula is C21H43N5O. The highest BCUT2D eigenvalue weighted by molar-refractivity contribution is 5.79. The van der Waals surface area contributed by atoms with Gasteiger partial charge in [0.25, 0.3) is 0 Å². The highest BCUT2D eigenvalue weighted by Gasteiger charge is 2.33. The molecule has 2 N–H and O–H groups in total. The largest absolute Gasteiger partial charge is 0.385 e. The number of methoxy groups -OCH3 is 1. The first-order valence-corrected chi connectivity index (χ1v) is 10.9. The van der Waals surface area contributed by atoms with E-state index in [2.05, 4.69) is 46.3 Å². The van der Waals surface area contributed by atoms with Crippen LogP contribution in [0.2, 0.25) is 0 Å². The lowest BCUT2D eigenvalue weighted by atomic mass is 9.83. The molecule has 0 aromatic carbocycles. The minimum atomic E-state index is 0.378. The molecule has 158 valence electrons. The van der Waals surface area contributed by atoms with Crippen molar-refractivity contribution in [3.05, 3.63) is 0 Å². The molecule has 1 heterocycles. The average Bonchev–Trinajstić information content (AvgIpc) is 3.13. The van der Waals surface area contributed by atoms with Crippen LogP contribution in [0.4, 0.5) is 0 Å². The van der Waals surface area contributed by atoms with Gasteiger partial charge in [0, 0.05) is 66.1 Å². The summed E-state index contributed by atoms with van der Waals surface area (Å²) < 4.78 is 5.36. The fourth-order valence-corrected chi connectivity index (χ4v) is 4.59.